The van der Waals surface area contributed by atoms with Crippen molar-refractivity contribution in [3.05, 3.63) is 47.5 Å². The average molecular weight is 268 g/mol. The van der Waals surface area contributed by atoms with Crippen LogP contribution in [0.1, 0.15) is 31.7 Å². The fourth-order valence-corrected chi connectivity index (χ4v) is 2.04. The van der Waals surface area contributed by atoms with Gasteiger partial charge in [0.25, 0.3) is 0 Å². The lowest BCUT2D eigenvalue weighted by molar-refractivity contribution is -0.142. The summed E-state index contributed by atoms with van der Waals surface area (Å²) < 4.78 is 5.18. The molecule has 0 radical (unpaired) electrons. The number of ketones is 1. The van der Waals surface area contributed by atoms with Gasteiger partial charge in [-0.1, -0.05) is 30.2 Å². The number of ether oxygens (including phenoxy) is 1. The van der Waals surface area contributed by atoms with E-state index in [0.29, 0.717) is 12.0 Å². The number of hydrogen-bond acceptors (Lipinski definition) is 3. The maximum absolute atomic E-state index is 11.9. The molecule has 3 nitrogen and oxygen atoms in total. The van der Waals surface area contributed by atoms with Crippen molar-refractivity contribution in [2.75, 3.05) is 0 Å². The molecule has 2 rings (SSSR count). The molecule has 0 amide bonds. The molecule has 0 aromatic heterocycles. The van der Waals surface area contributed by atoms with Crippen LogP contribution in [0.2, 0.25) is 0 Å². The van der Waals surface area contributed by atoms with Gasteiger partial charge in [0.2, 0.25) is 0 Å². The first-order valence-corrected chi connectivity index (χ1v) is 6.64. The standard InChI is InChI=1S/C17H16O3/c1-13(18)20-17(15-9-5-6-10-16(15)19)12-11-14-7-3-2-4-8-14/h2-4,7-9,17H,5-6,10H2,1H3. The number of esters is 1. The van der Waals surface area contributed by atoms with Crippen molar-refractivity contribution in [3.63, 3.8) is 0 Å². The summed E-state index contributed by atoms with van der Waals surface area (Å²) in [5, 5.41) is 0. The maximum Gasteiger partial charge on any atom is 0.304 e. The Balaban J connectivity index is 2.24. The average Bonchev–Trinajstić information content (AvgIpc) is 2.45. The molecule has 1 aromatic carbocycles. The predicted octanol–water partition coefficient (Wildman–Crippen LogP) is 2.65. The van der Waals surface area contributed by atoms with E-state index in [9.17, 15) is 9.59 Å². The van der Waals surface area contributed by atoms with E-state index >= 15 is 0 Å². The molecule has 1 aromatic rings. The SMILES string of the molecule is CC(=O)OC(C#Cc1ccccc1)C1=CCCCC1=O. The normalized spacial score (nSPS) is 15.7. The minimum atomic E-state index is -0.763. The van der Waals surface area contributed by atoms with Crippen LogP contribution in [0.4, 0.5) is 0 Å². The lowest BCUT2D eigenvalue weighted by Crippen LogP contribution is -2.24. The van der Waals surface area contributed by atoms with Crippen molar-refractivity contribution in [1.82, 2.24) is 0 Å². The number of carbonyl (C=O) groups is 2. The molecule has 0 heterocycles. The zero-order chi connectivity index (χ0) is 14.4. The van der Waals surface area contributed by atoms with Crippen LogP contribution >= 0.6 is 0 Å². The van der Waals surface area contributed by atoms with Gasteiger partial charge in [-0.15, -0.1) is 0 Å². The van der Waals surface area contributed by atoms with Gasteiger partial charge >= 0.3 is 5.97 Å². The second-order valence-corrected chi connectivity index (χ2v) is 4.60. The van der Waals surface area contributed by atoms with Crippen LogP contribution in [0.3, 0.4) is 0 Å². The molecule has 20 heavy (non-hydrogen) atoms. The molecule has 3 heteroatoms. The van der Waals surface area contributed by atoms with Gasteiger partial charge in [0.15, 0.2) is 11.9 Å². The van der Waals surface area contributed by atoms with Crippen molar-refractivity contribution in [3.8, 4) is 11.8 Å². The minimum absolute atomic E-state index is 0.0184. The number of carbonyl (C=O) groups excluding carboxylic acids is 2. The van der Waals surface area contributed by atoms with E-state index in [4.69, 9.17) is 4.74 Å². The maximum atomic E-state index is 11.9. The van der Waals surface area contributed by atoms with E-state index in [1.165, 1.54) is 6.92 Å². The third-order valence-electron chi connectivity index (χ3n) is 2.98. The number of hydrogen-bond donors (Lipinski definition) is 0. The van der Waals surface area contributed by atoms with Gasteiger partial charge in [-0.2, -0.15) is 0 Å². The Labute approximate surface area is 118 Å². The van der Waals surface area contributed by atoms with Crippen LogP contribution < -0.4 is 0 Å². The zero-order valence-corrected chi connectivity index (χ0v) is 11.4. The Hall–Kier alpha value is -2.34. The molecule has 0 spiro atoms. The van der Waals surface area contributed by atoms with Gasteiger partial charge in [0, 0.05) is 24.5 Å². The lowest BCUT2D eigenvalue weighted by Gasteiger charge is -2.17. The summed E-state index contributed by atoms with van der Waals surface area (Å²) in [6, 6.07) is 9.41. The second kappa shape index (κ2) is 6.72. The molecule has 0 saturated heterocycles. The van der Waals surface area contributed by atoms with E-state index in [2.05, 4.69) is 11.8 Å². The van der Waals surface area contributed by atoms with E-state index < -0.39 is 12.1 Å². The number of allylic oxidation sites excluding steroid dienone is 1. The highest BCUT2D eigenvalue weighted by Crippen LogP contribution is 2.19. The van der Waals surface area contributed by atoms with Crippen LogP contribution in [0.25, 0.3) is 0 Å². The summed E-state index contributed by atoms with van der Waals surface area (Å²) >= 11 is 0. The van der Waals surface area contributed by atoms with Gasteiger partial charge in [-0.3, -0.25) is 9.59 Å². The molecule has 0 saturated carbocycles. The van der Waals surface area contributed by atoms with E-state index in [0.717, 1.165) is 18.4 Å². The van der Waals surface area contributed by atoms with Crippen LogP contribution in [0.15, 0.2) is 42.0 Å². The van der Waals surface area contributed by atoms with Gasteiger partial charge in [0.1, 0.15) is 0 Å². The monoisotopic (exact) mass is 268 g/mol. The summed E-state index contributed by atoms with van der Waals surface area (Å²) in [6.45, 7) is 1.32. The van der Waals surface area contributed by atoms with Crippen LogP contribution in [-0.4, -0.2) is 17.9 Å². The van der Waals surface area contributed by atoms with Gasteiger partial charge in [0.05, 0.1) is 0 Å². The molecule has 0 fully saturated rings. The third-order valence-corrected chi connectivity index (χ3v) is 2.98. The smallest absolute Gasteiger partial charge is 0.304 e. The molecule has 1 aliphatic carbocycles. The molecule has 0 N–H and O–H groups in total. The first-order valence-electron chi connectivity index (χ1n) is 6.64. The van der Waals surface area contributed by atoms with Crippen molar-refractivity contribution >= 4 is 11.8 Å². The van der Waals surface area contributed by atoms with Crippen molar-refractivity contribution in [2.45, 2.75) is 32.3 Å². The Morgan fingerprint density at radius 1 is 1.30 bits per heavy atom. The molecule has 1 atom stereocenters. The summed E-state index contributed by atoms with van der Waals surface area (Å²) in [6.07, 6.45) is 3.24. The van der Waals surface area contributed by atoms with E-state index in [-0.39, 0.29) is 5.78 Å². The highest BCUT2D eigenvalue weighted by atomic mass is 16.5. The van der Waals surface area contributed by atoms with Gasteiger partial charge in [-0.25, -0.2) is 0 Å². The van der Waals surface area contributed by atoms with Gasteiger partial charge in [-0.05, 0) is 30.9 Å². The summed E-state index contributed by atoms with van der Waals surface area (Å²) in [5.41, 5.74) is 1.34. The predicted molar refractivity (Wildman–Crippen MR) is 75.8 cm³/mol. The Morgan fingerprint density at radius 3 is 2.70 bits per heavy atom. The molecule has 1 unspecified atom stereocenters. The summed E-state index contributed by atoms with van der Waals surface area (Å²) in [4.78, 5) is 23.1. The molecule has 1 aliphatic rings. The number of benzene rings is 1. The quantitative estimate of drug-likeness (QED) is 0.612. The lowest BCUT2D eigenvalue weighted by atomic mass is 9.94. The fourth-order valence-electron chi connectivity index (χ4n) is 2.04. The molecule has 0 aliphatic heterocycles. The molecular weight excluding hydrogens is 252 g/mol. The Morgan fingerprint density at radius 2 is 2.05 bits per heavy atom. The van der Waals surface area contributed by atoms with Gasteiger partial charge < -0.3 is 4.74 Å². The number of Topliss-reactive ketones (excluding diaryl/α,β-unsaturated/α-hetero) is 1. The van der Waals surface area contributed by atoms with Crippen LogP contribution in [0.5, 0.6) is 0 Å². The summed E-state index contributed by atoms with van der Waals surface area (Å²) in [7, 11) is 0. The van der Waals surface area contributed by atoms with E-state index in [1.54, 1.807) is 0 Å². The Bertz CT molecular complexity index is 588. The summed E-state index contributed by atoms with van der Waals surface area (Å²) in [5.74, 6) is 5.42. The molecule has 102 valence electrons. The van der Waals surface area contributed by atoms with Crippen LogP contribution in [-0.2, 0) is 14.3 Å². The first kappa shape index (κ1) is 14.1. The topological polar surface area (TPSA) is 43.4 Å². The van der Waals surface area contributed by atoms with Crippen molar-refractivity contribution in [2.24, 2.45) is 0 Å². The van der Waals surface area contributed by atoms with Crippen LogP contribution in [0, 0.1) is 11.8 Å². The van der Waals surface area contributed by atoms with Crippen molar-refractivity contribution in [1.29, 1.82) is 0 Å². The Kier molecular flexibility index (Phi) is 4.73. The minimum Gasteiger partial charge on any atom is -0.444 e. The first-order chi connectivity index (χ1) is 9.66. The largest absolute Gasteiger partial charge is 0.444 e. The fraction of sp³-hybridized carbons (Fsp3) is 0.294. The molecular formula is C17H16O3. The van der Waals surface area contributed by atoms with Crippen molar-refractivity contribution < 1.29 is 14.3 Å². The van der Waals surface area contributed by atoms with E-state index in [1.807, 2.05) is 36.4 Å². The third kappa shape index (κ3) is 3.83. The second-order valence-electron chi connectivity index (χ2n) is 4.60. The number of rotatable bonds is 2. The highest BCUT2D eigenvalue weighted by molar-refractivity contribution is 5.98. The zero-order valence-electron chi connectivity index (χ0n) is 11.4. The molecule has 0 bridgehead atoms. The highest BCUT2D eigenvalue weighted by Gasteiger charge is 2.23.